The highest BCUT2D eigenvalue weighted by molar-refractivity contribution is 5.91. The zero-order valence-corrected chi connectivity index (χ0v) is 15.8. The maximum atomic E-state index is 11.3. The number of aliphatic hydroxyl groups is 1. The molecule has 0 saturated carbocycles. The van der Waals surface area contributed by atoms with Crippen molar-refractivity contribution in [3.8, 4) is 5.75 Å². The minimum atomic E-state index is -0.739. The van der Waals surface area contributed by atoms with E-state index >= 15 is 0 Å². The van der Waals surface area contributed by atoms with Crippen LogP contribution in [0.15, 0.2) is 12.1 Å². The van der Waals surface area contributed by atoms with Crippen molar-refractivity contribution < 1.29 is 19.6 Å². The number of aliphatic hydroxyl groups excluding tert-OH is 1. The molecule has 8 nitrogen and oxygen atoms in total. The van der Waals surface area contributed by atoms with Crippen LogP contribution in [0.3, 0.4) is 0 Å². The SMILES string of the molecule is CC(=O)Nc1cc2c(cc1[N+](=O)[O-])O[C@@H](N1CCCC1(C)C)[C@H](O)C2.Cl. The van der Waals surface area contributed by atoms with E-state index < -0.39 is 23.2 Å². The Bertz CT molecular complexity index is 725. The van der Waals surface area contributed by atoms with Crippen LogP contribution in [0.2, 0.25) is 0 Å². The number of hydrogen-bond acceptors (Lipinski definition) is 6. The molecule has 2 N–H and O–H groups in total. The summed E-state index contributed by atoms with van der Waals surface area (Å²) in [5, 5.41) is 24.4. The van der Waals surface area contributed by atoms with E-state index in [0.717, 1.165) is 19.4 Å². The third-order valence-corrected chi connectivity index (χ3v) is 4.96. The van der Waals surface area contributed by atoms with E-state index in [1.54, 1.807) is 0 Å². The molecule has 3 rings (SSSR count). The Kier molecular flexibility index (Phi) is 5.79. The van der Waals surface area contributed by atoms with Crippen LogP contribution in [0.1, 0.15) is 39.2 Å². The smallest absolute Gasteiger partial charge is 0.296 e. The summed E-state index contributed by atoms with van der Waals surface area (Å²) in [5.41, 5.74) is 0.456. The van der Waals surface area contributed by atoms with Gasteiger partial charge in [-0.1, -0.05) is 0 Å². The average Bonchev–Trinajstić information content (AvgIpc) is 2.84. The van der Waals surface area contributed by atoms with Gasteiger partial charge in [0, 0.05) is 25.4 Å². The van der Waals surface area contributed by atoms with Gasteiger partial charge in [0.25, 0.3) is 5.69 Å². The number of rotatable bonds is 3. The summed E-state index contributed by atoms with van der Waals surface area (Å²) < 4.78 is 5.97. The second-order valence-electron chi connectivity index (χ2n) is 7.30. The lowest BCUT2D eigenvalue weighted by molar-refractivity contribution is -0.384. The van der Waals surface area contributed by atoms with E-state index in [1.165, 1.54) is 19.1 Å². The Labute approximate surface area is 158 Å². The number of hydrogen-bond donors (Lipinski definition) is 2. The van der Waals surface area contributed by atoms with Crippen LogP contribution >= 0.6 is 12.4 Å². The molecular weight excluding hydrogens is 362 g/mol. The number of ether oxygens (including phenoxy) is 1. The summed E-state index contributed by atoms with van der Waals surface area (Å²) in [5.74, 6) is -0.00387. The van der Waals surface area contributed by atoms with Gasteiger partial charge in [-0.2, -0.15) is 0 Å². The number of carbonyl (C=O) groups is 1. The third-order valence-electron chi connectivity index (χ3n) is 4.96. The van der Waals surface area contributed by atoms with Crippen LogP contribution in [-0.2, 0) is 11.2 Å². The summed E-state index contributed by atoms with van der Waals surface area (Å²) in [6, 6.07) is 2.85. The monoisotopic (exact) mass is 385 g/mol. The number of likely N-dealkylation sites (tertiary alicyclic amines) is 1. The van der Waals surface area contributed by atoms with Gasteiger partial charge in [-0.25, -0.2) is 0 Å². The molecule has 9 heteroatoms. The number of halogens is 1. The molecule has 2 heterocycles. The van der Waals surface area contributed by atoms with Gasteiger partial charge in [0.15, 0.2) is 6.23 Å². The third kappa shape index (κ3) is 3.77. The van der Waals surface area contributed by atoms with Gasteiger partial charge in [0.1, 0.15) is 17.5 Å². The van der Waals surface area contributed by atoms with Gasteiger partial charge in [-0.05, 0) is 38.3 Å². The normalized spacial score (nSPS) is 24.2. The van der Waals surface area contributed by atoms with Crippen molar-refractivity contribution in [3.63, 3.8) is 0 Å². The number of amides is 1. The highest BCUT2D eigenvalue weighted by Crippen LogP contribution is 2.40. The van der Waals surface area contributed by atoms with Crippen molar-refractivity contribution in [2.75, 3.05) is 11.9 Å². The molecular formula is C17H24ClN3O5. The topological polar surface area (TPSA) is 105 Å². The largest absolute Gasteiger partial charge is 0.472 e. The molecule has 1 aromatic rings. The molecule has 2 aliphatic rings. The average molecular weight is 386 g/mol. The quantitative estimate of drug-likeness (QED) is 0.611. The molecule has 0 radical (unpaired) electrons. The molecule has 0 aromatic heterocycles. The van der Waals surface area contributed by atoms with E-state index in [4.69, 9.17) is 4.74 Å². The van der Waals surface area contributed by atoms with Gasteiger partial charge in [0.05, 0.1) is 11.0 Å². The molecule has 2 aliphatic heterocycles. The standard InChI is InChI=1S/C17H23N3O5.ClH/c1-10(21)18-12-7-11-8-14(22)16(19-6-4-5-17(19,2)3)25-15(11)9-13(12)20(23)24;/h7,9,14,16,22H,4-6,8H2,1-3H3,(H,18,21);1H/t14-,16-;/m1./s1. The molecule has 0 aliphatic carbocycles. The number of benzene rings is 1. The maximum absolute atomic E-state index is 11.3. The van der Waals surface area contributed by atoms with Gasteiger partial charge in [-0.15, -0.1) is 12.4 Å². The molecule has 2 atom stereocenters. The maximum Gasteiger partial charge on any atom is 0.296 e. The fourth-order valence-corrected chi connectivity index (χ4v) is 3.73. The van der Waals surface area contributed by atoms with Crippen molar-refractivity contribution in [2.24, 2.45) is 0 Å². The number of fused-ring (bicyclic) bond motifs is 1. The highest BCUT2D eigenvalue weighted by atomic mass is 35.5. The minimum Gasteiger partial charge on any atom is -0.472 e. The van der Waals surface area contributed by atoms with E-state index in [9.17, 15) is 20.0 Å². The number of anilines is 1. The van der Waals surface area contributed by atoms with E-state index in [0.29, 0.717) is 17.7 Å². The lowest BCUT2D eigenvalue weighted by Gasteiger charge is -2.42. The number of nitro benzene ring substituents is 1. The predicted octanol–water partition coefficient (Wildman–Crippen LogP) is 2.47. The minimum absolute atomic E-state index is 0. The van der Waals surface area contributed by atoms with Crippen LogP contribution in [0.25, 0.3) is 0 Å². The molecule has 1 saturated heterocycles. The molecule has 0 unspecified atom stereocenters. The van der Waals surface area contributed by atoms with Crippen molar-refractivity contribution in [1.82, 2.24) is 4.90 Å². The molecule has 1 amide bonds. The van der Waals surface area contributed by atoms with Gasteiger partial charge in [-0.3, -0.25) is 19.8 Å². The Morgan fingerprint density at radius 3 is 2.69 bits per heavy atom. The fraction of sp³-hybridized carbons (Fsp3) is 0.588. The molecule has 26 heavy (non-hydrogen) atoms. The Morgan fingerprint density at radius 2 is 2.15 bits per heavy atom. The van der Waals surface area contributed by atoms with E-state index in [1.807, 2.05) is 0 Å². The van der Waals surface area contributed by atoms with Crippen molar-refractivity contribution in [2.45, 2.75) is 57.9 Å². The number of nitro groups is 1. The van der Waals surface area contributed by atoms with Crippen LogP contribution in [0.4, 0.5) is 11.4 Å². The van der Waals surface area contributed by atoms with Crippen molar-refractivity contribution in [1.29, 1.82) is 0 Å². The Balaban J connectivity index is 0.00000243. The summed E-state index contributed by atoms with van der Waals surface area (Å²) >= 11 is 0. The van der Waals surface area contributed by atoms with Crippen molar-refractivity contribution in [3.05, 3.63) is 27.8 Å². The zero-order chi connectivity index (χ0) is 18.4. The fourth-order valence-electron chi connectivity index (χ4n) is 3.73. The number of carbonyl (C=O) groups excluding carboxylic acids is 1. The number of nitrogens with zero attached hydrogens (tertiary/aromatic N) is 2. The Hall–Kier alpha value is -1.90. The van der Waals surface area contributed by atoms with Gasteiger partial charge >= 0.3 is 0 Å². The first-order chi connectivity index (χ1) is 11.7. The summed E-state index contributed by atoms with van der Waals surface area (Å²) in [4.78, 5) is 24.2. The molecule has 0 spiro atoms. The van der Waals surface area contributed by atoms with Crippen LogP contribution in [0.5, 0.6) is 5.75 Å². The predicted molar refractivity (Wildman–Crippen MR) is 98.8 cm³/mol. The Morgan fingerprint density at radius 1 is 1.46 bits per heavy atom. The van der Waals surface area contributed by atoms with Crippen LogP contribution in [0, 0.1) is 10.1 Å². The lowest BCUT2D eigenvalue weighted by Crippen LogP contribution is -2.55. The van der Waals surface area contributed by atoms with E-state index in [-0.39, 0.29) is 29.3 Å². The second kappa shape index (κ2) is 7.38. The summed E-state index contributed by atoms with van der Waals surface area (Å²) in [7, 11) is 0. The summed E-state index contributed by atoms with van der Waals surface area (Å²) in [6.07, 6.45) is 1.08. The first-order valence-corrected chi connectivity index (χ1v) is 8.39. The second-order valence-corrected chi connectivity index (χ2v) is 7.30. The van der Waals surface area contributed by atoms with Crippen LogP contribution in [-0.4, -0.2) is 45.3 Å². The molecule has 0 bridgehead atoms. The molecule has 1 fully saturated rings. The van der Waals surface area contributed by atoms with Crippen LogP contribution < -0.4 is 10.1 Å². The first kappa shape index (κ1) is 20.4. The number of nitrogens with one attached hydrogen (secondary N) is 1. The highest BCUT2D eigenvalue weighted by Gasteiger charge is 2.43. The zero-order valence-electron chi connectivity index (χ0n) is 15.0. The lowest BCUT2D eigenvalue weighted by atomic mass is 9.97. The molecule has 1 aromatic carbocycles. The molecule has 144 valence electrons. The first-order valence-electron chi connectivity index (χ1n) is 8.39. The van der Waals surface area contributed by atoms with Gasteiger partial charge in [0.2, 0.25) is 5.91 Å². The van der Waals surface area contributed by atoms with Crippen molar-refractivity contribution >= 4 is 29.7 Å². The summed E-state index contributed by atoms with van der Waals surface area (Å²) in [6.45, 7) is 6.32. The van der Waals surface area contributed by atoms with Gasteiger partial charge < -0.3 is 15.2 Å². The van der Waals surface area contributed by atoms with E-state index in [2.05, 4.69) is 24.1 Å².